The molecule has 8 N–H and O–H groups in total. The average Bonchev–Trinajstić information content (AvgIpc) is 3.74. The van der Waals surface area contributed by atoms with Crippen LogP contribution >= 0.6 is 0 Å². The molecule has 0 saturated carbocycles. The number of imidazole rings is 1. The summed E-state index contributed by atoms with van der Waals surface area (Å²) in [6, 6.07) is -5.39. The fourth-order valence-electron chi connectivity index (χ4n) is 4.66. The Morgan fingerprint density at radius 1 is 1.08 bits per heavy atom. The number of amides is 4. The number of carboxylic acids is 2. The number of nitrogens with zero attached hydrogens (tertiary/aromatic N) is 2. The van der Waals surface area contributed by atoms with Gasteiger partial charge in [-0.25, -0.2) is 4.98 Å². The van der Waals surface area contributed by atoms with Crippen molar-refractivity contribution in [2.24, 2.45) is 11.7 Å². The second-order valence-corrected chi connectivity index (χ2v) is 11.7. The molecule has 48 heavy (non-hydrogen) atoms. The molecule has 2 heterocycles. The van der Waals surface area contributed by atoms with E-state index in [1.807, 2.05) is 6.92 Å². The summed E-state index contributed by atoms with van der Waals surface area (Å²) in [4.78, 5) is 92.8. The van der Waals surface area contributed by atoms with E-state index in [2.05, 4.69) is 37.6 Å². The molecule has 6 atom stereocenters. The number of carboxylic acid groups (broad SMARTS) is 2. The third kappa shape index (κ3) is 14.5. The van der Waals surface area contributed by atoms with Crippen molar-refractivity contribution in [1.82, 2.24) is 30.8 Å². The fourth-order valence-corrected chi connectivity index (χ4v) is 4.66. The Kier molecular flexibility index (Phi) is 18.5. The number of carbonyl (C=O) groups excluding carboxylic acids is 5. The first kappa shape index (κ1) is 41.5. The minimum Gasteiger partial charge on any atom is -0.481 e. The molecule has 17 heteroatoms. The van der Waals surface area contributed by atoms with Gasteiger partial charge in [0.2, 0.25) is 23.6 Å². The lowest BCUT2D eigenvalue weighted by atomic mass is 9.96. The van der Waals surface area contributed by atoms with E-state index >= 15 is 0 Å². The molecule has 17 nitrogen and oxygen atoms in total. The van der Waals surface area contributed by atoms with Crippen molar-refractivity contribution in [3.63, 3.8) is 0 Å². The molecule has 1 aliphatic heterocycles. The first-order valence-electron chi connectivity index (χ1n) is 16.1. The van der Waals surface area contributed by atoms with Gasteiger partial charge in [-0.2, -0.15) is 0 Å². The largest absolute Gasteiger partial charge is 0.481 e. The maximum Gasteiger partial charge on any atom is 0.325 e. The van der Waals surface area contributed by atoms with Gasteiger partial charge in [0.1, 0.15) is 24.2 Å². The van der Waals surface area contributed by atoms with E-state index < -0.39 is 65.8 Å². The summed E-state index contributed by atoms with van der Waals surface area (Å²) in [6.07, 6.45) is 5.84. The maximum absolute atomic E-state index is 13.7. The van der Waals surface area contributed by atoms with Gasteiger partial charge < -0.3 is 46.5 Å². The number of aromatic nitrogens is 2. The van der Waals surface area contributed by atoms with Gasteiger partial charge in [0.05, 0.1) is 19.0 Å². The van der Waals surface area contributed by atoms with Crippen molar-refractivity contribution in [1.29, 1.82) is 0 Å². The Bertz CT molecular complexity index is 1230. The lowest BCUT2D eigenvalue weighted by molar-refractivity contribution is -0.145. The van der Waals surface area contributed by atoms with Crippen molar-refractivity contribution in [2.75, 3.05) is 13.2 Å². The number of aliphatic carboxylic acids is 2. The van der Waals surface area contributed by atoms with Crippen LogP contribution in [0.2, 0.25) is 0 Å². The molecule has 0 bridgehead atoms. The van der Waals surface area contributed by atoms with Gasteiger partial charge in [-0.05, 0) is 38.5 Å². The zero-order valence-corrected chi connectivity index (χ0v) is 28.3. The number of nitrogens with two attached hydrogens (primary N) is 1. The molecule has 1 aromatic rings. The molecule has 1 fully saturated rings. The van der Waals surface area contributed by atoms with Crippen LogP contribution in [-0.4, -0.2) is 110 Å². The van der Waals surface area contributed by atoms with Gasteiger partial charge in [0, 0.05) is 38.2 Å². The van der Waals surface area contributed by atoms with Crippen molar-refractivity contribution in [2.45, 2.75) is 116 Å². The van der Waals surface area contributed by atoms with Crippen LogP contribution in [0.4, 0.5) is 0 Å². The molecule has 2 rings (SSSR count). The summed E-state index contributed by atoms with van der Waals surface area (Å²) < 4.78 is 4.64. The maximum atomic E-state index is 13.7. The molecule has 0 spiro atoms. The number of aromatic amines is 1. The minimum absolute atomic E-state index is 0.00748. The molecule has 6 unspecified atom stereocenters. The number of carbonyl (C=O) groups is 7. The van der Waals surface area contributed by atoms with Crippen LogP contribution < -0.4 is 21.7 Å². The molecule has 0 radical (unpaired) electrons. The van der Waals surface area contributed by atoms with E-state index in [4.69, 9.17) is 15.9 Å². The smallest absolute Gasteiger partial charge is 0.325 e. The number of H-pyrrole nitrogens is 1. The predicted molar refractivity (Wildman–Crippen MR) is 172 cm³/mol. The van der Waals surface area contributed by atoms with E-state index in [0.717, 1.165) is 12.8 Å². The van der Waals surface area contributed by atoms with Gasteiger partial charge in [-0.1, -0.05) is 33.6 Å². The lowest BCUT2D eigenvalue weighted by Gasteiger charge is -2.32. The van der Waals surface area contributed by atoms with Crippen molar-refractivity contribution >= 4 is 41.5 Å². The fraction of sp³-hybridized carbons (Fsp3) is 0.677. The monoisotopic (exact) mass is 681 g/mol. The Labute approximate surface area is 280 Å². The summed E-state index contributed by atoms with van der Waals surface area (Å²) in [5.74, 6) is -5.33. The molecule has 4 amide bonds. The summed E-state index contributed by atoms with van der Waals surface area (Å²) in [5, 5.41) is 25.7. The number of nitrogens with one attached hydrogen (secondary N) is 4. The topological polar surface area (TPSA) is 263 Å². The van der Waals surface area contributed by atoms with Crippen molar-refractivity contribution in [3.8, 4) is 0 Å². The number of hydrogen-bond donors (Lipinski definition) is 7. The van der Waals surface area contributed by atoms with E-state index in [1.54, 1.807) is 6.92 Å². The number of unbranched alkanes of at least 4 members (excludes halogenated alkanes) is 1. The molecule has 1 aliphatic rings. The van der Waals surface area contributed by atoms with Crippen molar-refractivity contribution in [3.05, 3.63) is 18.2 Å². The summed E-state index contributed by atoms with van der Waals surface area (Å²) in [5.41, 5.74) is 6.35. The number of rotatable bonds is 18. The van der Waals surface area contributed by atoms with E-state index in [-0.39, 0.29) is 37.7 Å². The Morgan fingerprint density at radius 2 is 1.77 bits per heavy atom. The molecule has 0 aromatic carbocycles. The van der Waals surface area contributed by atoms with Gasteiger partial charge >= 0.3 is 17.9 Å². The second-order valence-electron chi connectivity index (χ2n) is 11.7. The highest BCUT2D eigenvalue weighted by Gasteiger charge is 2.40. The Hall–Kier alpha value is -4.54. The van der Waals surface area contributed by atoms with Crippen LogP contribution in [0.15, 0.2) is 12.5 Å². The van der Waals surface area contributed by atoms with Crippen LogP contribution in [0.1, 0.15) is 85.3 Å². The van der Waals surface area contributed by atoms with Crippen LogP contribution in [0, 0.1) is 5.92 Å². The lowest BCUT2D eigenvalue weighted by Crippen LogP contribution is -2.60. The van der Waals surface area contributed by atoms with Gasteiger partial charge in [0.15, 0.2) is 0 Å². The molecule has 1 aromatic heterocycles. The second kappa shape index (κ2) is 21.4. The number of hydrogen-bond acceptors (Lipinski definition) is 10. The third-order valence-corrected chi connectivity index (χ3v) is 7.77. The quantitative estimate of drug-likeness (QED) is 0.0803. The number of ether oxygens (including phenoxy) is 1. The number of esters is 1. The highest BCUT2D eigenvalue weighted by Crippen LogP contribution is 2.22. The molecule has 1 saturated heterocycles. The van der Waals surface area contributed by atoms with Crippen LogP contribution in [0.3, 0.4) is 0 Å². The van der Waals surface area contributed by atoms with Crippen LogP contribution in [0.5, 0.6) is 0 Å². The standard InChI is InChI=1S/C25H39N7O8.C6H12O2/c1-4-13(2)20(24(38)32-9-5-6-18(32)23(37)29-14(3)25(39)40)31-22(36)17(10-15-11-27-12-28-15)30-21(35)16(26)7-8-19(33)34;1-3-4-5-8-6(2)7/h11-14,16-18,20H,4-10,26H2,1-3H3,(H,27,28)(H,29,37)(H,30,35)(H,31,36)(H,33,34)(H,39,40);3-5H2,1-2H3. The molecular formula is C31H51N7O10. The zero-order valence-electron chi connectivity index (χ0n) is 28.3. The van der Waals surface area contributed by atoms with E-state index in [1.165, 1.54) is 31.3 Å². The summed E-state index contributed by atoms with van der Waals surface area (Å²) in [6.45, 7) is 9.25. The Morgan fingerprint density at radius 3 is 2.31 bits per heavy atom. The van der Waals surface area contributed by atoms with Gasteiger partial charge in [0.25, 0.3) is 0 Å². The first-order valence-corrected chi connectivity index (χ1v) is 16.1. The number of likely N-dealkylation sites (tertiary alicyclic amines) is 1. The summed E-state index contributed by atoms with van der Waals surface area (Å²) >= 11 is 0. The third-order valence-electron chi connectivity index (χ3n) is 7.77. The van der Waals surface area contributed by atoms with E-state index in [9.17, 15) is 33.6 Å². The first-order chi connectivity index (χ1) is 22.6. The normalized spacial score (nSPS) is 17.0. The van der Waals surface area contributed by atoms with Gasteiger partial charge in [-0.3, -0.25) is 33.6 Å². The SMILES string of the molecule is CCC(C)C(NC(=O)C(Cc1cnc[nH]1)NC(=O)C(N)CCC(=O)O)C(=O)N1CCCC1C(=O)NC(C)C(=O)O.CCCCOC(C)=O. The Balaban J connectivity index is 0.00000127. The predicted octanol–water partition coefficient (Wildman–Crippen LogP) is 0.0899. The molecule has 0 aliphatic carbocycles. The highest BCUT2D eigenvalue weighted by molar-refractivity contribution is 5.96. The summed E-state index contributed by atoms with van der Waals surface area (Å²) in [7, 11) is 0. The zero-order chi connectivity index (χ0) is 36.4. The van der Waals surface area contributed by atoms with Crippen LogP contribution in [0.25, 0.3) is 0 Å². The van der Waals surface area contributed by atoms with Crippen LogP contribution in [-0.2, 0) is 44.7 Å². The minimum atomic E-state index is -1.21. The average molecular weight is 682 g/mol. The van der Waals surface area contributed by atoms with Gasteiger partial charge in [-0.15, -0.1) is 0 Å². The van der Waals surface area contributed by atoms with E-state index in [0.29, 0.717) is 31.6 Å². The molecule has 270 valence electrons. The highest BCUT2D eigenvalue weighted by atomic mass is 16.5. The van der Waals surface area contributed by atoms with Crippen molar-refractivity contribution < 1.29 is 48.5 Å². The molecular weight excluding hydrogens is 630 g/mol.